The van der Waals surface area contributed by atoms with Crippen LogP contribution in [-0.2, 0) is 4.79 Å². The molecule has 1 heterocycles. The van der Waals surface area contributed by atoms with Gasteiger partial charge in [-0.05, 0) is 18.2 Å². The monoisotopic (exact) mass is 304 g/mol. The Morgan fingerprint density at radius 2 is 2.05 bits per heavy atom. The summed E-state index contributed by atoms with van der Waals surface area (Å²) in [4.78, 5) is 22.2. The van der Waals surface area contributed by atoms with Crippen molar-refractivity contribution in [2.24, 2.45) is 5.10 Å². The number of amides is 1. The molecule has 0 unspecified atom stereocenters. The lowest BCUT2D eigenvalue weighted by molar-refractivity contribution is -0.380. The van der Waals surface area contributed by atoms with Gasteiger partial charge in [-0.15, -0.1) is 0 Å². The largest absolute Gasteiger partial charge is 0.376 e. The van der Waals surface area contributed by atoms with Crippen LogP contribution in [0, 0.1) is 10.1 Å². The fraction of sp³-hybridized carbons (Fsp3) is 0.0769. The van der Waals surface area contributed by atoms with Crippen LogP contribution in [0.5, 0.6) is 0 Å². The van der Waals surface area contributed by atoms with Gasteiger partial charge in [0.25, 0.3) is 5.91 Å². The predicted octanol–water partition coefficient (Wildman–Crippen LogP) is 2.22. The zero-order valence-electron chi connectivity index (χ0n) is 10.9. The van der Waals surface area contributed by atoms with E-state index in [0.717, 1.165) is 17.0 Å². The maximum atomic E-state index is 11.5. The number of hydrogen-bond donors (Lipinski definition) is 2. The molecule has 108 valence electrons. The van der Waals surface area contributed by atoms with E-state index in [-0.39, 0.29) is 17.5 Å². The van der Waals surface area contributed by atoms with Crippen LogP contribution in [0.15, 0.2) is 47.6 Å². The second kappa shape index (κ2) is 7.15. The summed E-state index contributed by atoms with van der Waals surface area (Å²) < 4.78 is 0. The number of para-hydroxylation sites is 1. The number of nitrogens with one attached hydrogen (secondary N) is 2. The van der Waals surface area contributed by atoms with E-state index in [9.17, 15) is 14.9 Å². The Bertz CT molecular complexity index is 654. The highest BCUT2D eigenvalue weighted by atomic mass is 32.1. The van der Waals surface area contributed by atoms with E-state index < -0.39 is 4.92 Å². The maximum absolute atomic E-state index is 11.5. The zero-order chi connectivity index (χ0) is 15.1. The van der Waals surface area contributed by atoms with Crippen LogP contribution in [0.2, 0.25) is 0 Å². The van der Waals surface area contributed by atoms with Crippen molar-refractivity contribution in [2.75, 3.05) is 11.9 Å². The first-order valence-corrected chi connectivity index (χ1v) is 6.82. The quantitative estimate of drug-likeness (QED) is 0.486. The van der Waals surface area contributed by atoms with Gasteiger partial charge in [-0.1, -0.05) is 29.5 Å². The van der Waals surface area contributed by atoms with Crippen LogP contribution in [0.4, 0.5) is 10.7 Å². The van der Waals surface area contributed by atoms with Gasteiger partial charge in [0.1, 0.15) is 0 Å². The normalized spacial score (nSPS) is 10.5. The minimum absolute atomic E-state index is 0.0357. The van der Waals surface area contributed by atoms with Gasteiger partial charge in [-0.3, -0.25) is 14.9 Å². The molecule has 2 aromatic rings. The molecule has 0 aliphatic heterocycles. The summed E-state index contributed by atoms with van der Waals surface area (Å²) >= 11 is 0.988. The molecule has 8 heteroatoms. The summed E-state index contributed by atoms with van der Waals surface area (Å²) in [7, 11) is 0. The Morgan fingerprint density at radius 3 is 2.71 bits per heavy atom. The second-order valence-electron chi connectivity index (χ2n) is 3.95. The van der Waals surface area contributed by atoms with Crippen molar-refractivity contribution in [1.82, 2.24) is 5.43 Å². The number of nitro groups is 1. The fourth-order valence-corrected chi connectivity index (χ4v) is 2.15. The molecule has 1 aromatic carbocycles. The molecule has 0 bridgehead atoms. The van der Waals surface area contributed by atoms with E-state index in [1.54, 1.807) is 6.07 Å². The molecule has 21 heavy (non-hydrogen) atoms. The molecule has 0 fully saturated rings. The average Bonchev–Trinajstić information content (AvgIpc) is 2.95. The molecule has 0 saturated carbocycles. The van der Waals surface area contributed by atoms with Crippen LogP contribution in [-0.4, -0.2) is 23.6 Å². The summed E-state index contributed by atoms with van der Waals surface area (Å²) in [6.45, 7) is 0.0892. The van der Waals surface area contributed by atoms with Gasteiger partial charge >= 0.3 is 5.00 Å². The highest BCUT2D eigenvalue weighted by molar-refractivity contribution is 7.16. The highest BCUT2D eigenvalue weighted by Crippen LogP contribution is 2.22. The van der Waals surface area contributed by atoms with E-state index >= 15 is 0 Å². The predicted molar refractivity (Wildman–Crippen MR) is 81.6 cm³/mol. The van der Waals surface area contributed by atoms with Crippen molar-refractivity contribution < 1.29 is 9.72 Å². The number of nitrogens with zero attached hydrogens (tertiary/aromatic N) is 2. The van der Waals surface area contributed by atoms with Gasteiger partial charge in [-0.25, -0.2) is 5.43 Å². The van der Waals surface area contributed by atoms with E-state index in [1.807, 2.05) is 30.3 Å². The Balaban J connectivity index is 1.77. The van der Waals surface area contributed by atoms with Gasteiger partial charge in [0.15, 0.2) is 0 Å². The highest BCUT2D eigenvalue weighted by Gasteiger charge is 2.08. The lowest BCUT2D eigenvalue weighted by Gasteiger charge is -2.04. The summed E-state index contributed by atoms with van der Waals surface area (Å²) in [5, 5.41) is 17.2. The minimum atomic E-state index is -0.468. The van der Waals surface area contributed by atoms with E-state index in [4.69, 9.17) is 0 Å². The molecule has 0 saturated heterocycles. The third kappa shape index (κ3) is 4.69. The first-order chi connectivity index (χ1) is 10.1. The molecule has 2 rings (SSSR count). The van der Waals surface area contributed by atoms with Crippen molar-refractivity contribution in [3.8, 4) is 0 Å². The van der Waals surface area contributed by atoms with Gasteiger partial charge in [0.05, 0.1) is 22.6 Å². The molecule has 0 aliphatic carbocycles. The number of hydrazone groups is 1. The van der Waals surface area contributed by atoms with Crippen LogP contribution >= 0.6 is 11.3 Å². The molecule has 7 nitrogen and oxygen atoms in total. The van der Waals surface area contributed by atoms with Gasteiger partial charge in [0.2, 0.25) is 0 Å². The van der Waals surface area contributed by atoms with Gasteiger partial charge in [-0.2, -0.15) is 5.10 Å². The summed E-state index contributed by atoms with van der Waals surface area (Å²) in [6, 6.07) is 12.3. The summed E-state index contributed by atoms with van der Waals surface area (Å²) in [5.41, 5.74) is 3.18. The third-order valence-electron chi connectivity index (χ3n) is 2.40. The average molecular weight is 304 g/mol. The van der Waals surface area contributed by atoms with Crippen LogP contribution in [0.3, 0.4) is 0 Å². The van der Waals surface area contributed by atoms with Crippen molar-refractivity contribution in [3.05, 3.63) is 57.5 Å². The Kier molecular flexibility index (Phi) is 4.99. The summed E-state index contributed by atoms with van der Waals surface area (Å²) in [6.07, 6.45) is 1.37. The maximum Gasteiger partial charge on any atom is 0.324 e. The van der Waals surface area contributed by atoms with Crippen LogP contribution in [0.25, 0.3) is 0 Å². The molecule has 0 radical (unpaired) electrons. The van der Waals surface area contributed by atoms with E-state index in [0.29, 0.717) is 4.88 Å². The number of rotatable bonds is 6. The van der Waals surface area contributed by atoms with Gasteiger partial charge < -0.3 is 5.32 Å². The molecular weight excluding hydrogens is 292 g/mol. The first-order valence-electron chi connectivity index (χ1n) is 6.00. The third-order valence-corrected chi connectivity index (χ3v) is 3.37. The van der Waals surface area contributed by atoms with Crippen molar-refractivity contribution in [3.63, 3.8) is 0 Å². The molecule has 0 spiro atoms. The molecule has 2 N–H and O–H groups in total. The Morgan fingerprint density at radius 1 is 1.29 bits per heavy atom. The summed E-state index contributed by atoms with van der Waals surface area (Å²) in [5.74, 6) is -0.304. The van der Waals surface area contributed by atoms with Crippen molar-refractivity contribution in [1.29, 1.82) is 0 Å². The fourth-order valence-electron chi connectivity index (χ4n) is 1.46. The van der Waals surface area contributed by atoms with Crippen LogP contribution in [0.1, 0.15) is 4.88 Å². The molecule has 0 aliphatic rings. The molecule has 1 amide bonds. The van der Waals surface area contributed by atoms with Crippen molar-refractivity contribution in [2.45, 2.75) is 0 Å². The molecule has 1 aromatic heterocycles. The van der Waals surface area contributed by atoms with E-state index in [2.05, 4.69) is 15.8 Å². The topological polar surface area (TPSA) is 96.6 Å². The van der Waals surface area contributed by atoms with Gasteiger partial charge in [0, 0.05) is 11.8 Å². The Hall–Kier alpha value is -2.74. The lowest BCUT2D eigenvalue weighted by atomic mass is 10.3. The van der Waals surface area contributed by atoms with E-state index in [1.165, 1.54) is 12.3 Å². The minimum Gasteiger partial charge on any atom is -0.376 e. The number of thiophene rings is 1. The Labute approximate surface area is 124 Å². The number of hydrogen-bond acceptors (Lipinski definition) is 6. The zero-order valence-corrected chi connectivity index (χ0v) is 11.7. The molecular formula is C13H12N4O3S. The lowest BCUT2D eigenvalue weighted by Crippen LogP contribution is -2.25. The number of anilines is 1. The van der Waals surface area contributed by atoms with Crippen LogP contribution < -0.4 is 10.7 Å². The molecule has 0 atom stereocenters. The second-order valence-corrected chi connectivity index (χ2v) is 5.04. The SMILES string of the molecule is O=C(CNc1ccccc1)NN=Cc1ccc([N+](=O)[O-])s1. The number of benzene rings is 1. The number of carbonyl (C=O) groups is 1. The van der Waals surface area contributed by atoms with Crippen molar-refractivity contribution >= 4 is 34.1 Å². The first kappa shape index (κ1) is 14.7. The smallest absolute Gasteiger partial charge is 0.324 e. The standard InChI is InChI=1S/C13H12N4O3S/c18-12(9-14-10-4-2-1-3-5-10)16-15-8-11-6-7-13(21-11)17(19)20/h1-8,14H,9H2,(H,16,18). The number of carbonyl (C=O) groups excluding carboxylic acids is 1.